The second-order valence-electron chi connectivity index (χ2n) is 6.42. The summed E-state index contributed by atoms with van der Waals surface area (Å²) in [5, 5.41) is 0. The van der Waals surface area contributed by atoms with E-state index in [1.807, 2.05) is 12.1 Å². The van der Waals surface area contributed by atoms with Crippen molar-refractivity contribution in [1.29, 1.82) is 0 Å². The molecule has 0 aromatic heterocycles. The predicted octanol–water partition coefficient (Wildman–Crippen LogP) is 2.14. The number of rotatable bonds is 6. The van der Waals surface area contributed by atoms with Crippen LogP contribution in [0.25, 0.3) is 0 Å². The Morgan fingerprint density at radius 3 is 1.59 bits per heavy atom. The summed E-state index contributed by atoms with van der Waals surface area (Å²) >= 11 is 0. The Bertz CT molecular complexity index is 809. The molecule has 8 heteroatoms. The zero-order valence-electron chi connectivity index (χ0n) is 15.6. The van der Waals surface area contributed by atoms with Crippen molar-refractivity contribution in [3.8, 4) is 23.0 Å². The molecule has 2 heterocycles. The van der Waals surface area contributed by atoms with Crippen LogP contribution >= 0.6 is 0 Å². The summed E-state index contributed by atoms with van der Waals surface area (Å²) in [5.41, 5.74) is 0. The molecule has 0 saturated carbocycles. The first-order valence-corrected chi connectivity index (χ1v) is 9.31. The number of carbonyl (C=O) groups is 2. The van der Waals surface area contributed by atoms with E-state index in [-0.39, 0.29) is 26.4 Å². The van der Waals surface area contributed by atoms with Gasteiger partial charge < -0.3 is 28.4 Å². The highest BCUT2D eigenvalue weighted by Gasteiger charge is 2.30. The summed E-state index contributed by atoms with van der Waals surface area (Å²) in [6.45, 7) is 0.369. The van der Waals surface area contributed by atoms with Crippen molar-refractivity contribution >= 4 is 11.9 Å². The lowest BCUT2D eigenvalue weighted by molar-refractivity contribution is -0.157. The molecule has 2 aromatic rings. The van der Waals surface area contributed by atoms with E-state index in [1.54, 1.807) is 36.4 Å². The van der Waals surface area contributed by atoms with Crippen molar-refractivity contribution in [2.24, 2.45) is 0 Å². The first-order valence-electron chi connectivity index (χ1n) is 9.31. The van der Waals surface area contributed by atoms with Crippen LogP contribution in [0.2, 0.25) is 0 Å². The van der Waals surface area contributed by atoms with Gasteiger partial charge >= 0.3 is 11.9 Å². The maximum Gasteiger partial charge on any atom is 0.350 e. The lowest BCUT2D eigenvalue weighted by atomic mass is 10.2. The molecule has 0 fully saturated rings. The van der Waals surface area contributed by atoms with Gasteiger partial charge in [-0.3, -0.25) is 0 Å². The van der Waals surface area contributed by atoms with Crippen LogP contribution in [0.4, 0.5) is 0 Å². The maximum atomic E-state index is 12.1. The molecule has 4 rings (SSSR count). The quantitative estimate of drug-likeness (QED) is 0.538. The fourth-order valence-corrected chi connectivity index (χ4v) is 2.86. The summed E-state index contributed by atoms with van der Waals surface area (Å²) in [7, 11) is 0. The largest absolute Gasteiger partial charge is 0.485 e. The van der Waals surface area contributed by atoms with E-state index >= 15 is 0 Å². The lowest BCUT2D eigenvalue weighted by Gasteiger charge is -2.25. The van der Waals surface area contributed by atoms with E-state index in [2.05, 4.69) is 0 Å². The molecule has 0 spiro atoms. The highest BCUT2D eigenvalue weighted by atomic mass is 16.6. The molecular weight excluding hydrogens is 380 g/mol. The van der Waals surface area contributed by atoms with Crippen LogP contribution in [0.15, 0.2) is 48.5 Å². The van der Waals surface area contributed by atoms with E-state index in [0.29, 0.717) is 29.4 Å². The van der Waals surface area contributed by atoms with E-state index in [1.165, 1.54) is 0 Å². The average Bonchev–Trinajstić information content (AvgIpc) is 2.77. The third-order valence-electron chi connectivity index (χ3n) is 4.32. The molecule has 0 bridgehead atoms. The summed E-state index contributed by atoms with van der Waals surface area (Å²) in [6.07, 6.45) is -1.29. The molecule has 29 heavy (non-hydrogen) atoms. The molecule has 0 radical (unpaired) electrons. The molecular formula is C21H20O8. The number of fused-ring (bicyclic) bond motifs is 2. The van der Waals surface area contributed by atoms with Crippen molar-refractivity contribution < 1.29 is 38.0 Å². The van der Waals surface area contributed by atoms with Gasteiger partial charge in [0.2, 0.25) is 12.2 Å². The lowest BCUT2D eigenvalue weighted by Crippen LogP contribution is -2.38. The minimum absolute atomic E-state index is 0.0886. The highest BCUT2D eigenvalue weighted by molar-refractivity contribution is 5.76. The van der Waals surface area contributed by atoms with Crippen LogP contribution < -0.4 is 18.9 Å². The average molecular weight is 400 g/mol. The fraction of sp³-hybridized carbons (Fsp3) is 0.333. The normalized spacial score (nSPS) is 19.2. The standard InChI is InChI=1S/C21H20O8/c22-20(18-12-26-14-6-1-3-8-16(14)28-18)24-10-5-11-25-21(23)19-13-27-15-7-2-4-9-17(15)29-19/h1-4,6-9,18-19H,5,10-13H2/t18-,19-/m0/s1. The number of ether oxygens (including phenoxy) is 6. The minimum atomic E-state index is -0.819. The maximum absolute atomic E-state index is 12.1. The Balaban J connectivity index is 1.14. The summed E-state index contributed by atoms with van der Waals surface area (Å²) < 4.78 is 32.5. The number of para-hydroxylation sites is 4. The Labute approximate surface area is 167 Å². The topological polar surface area (TPSA) is 89.5 Å². The molecule has 2 aliphatic heterocycles. The third kappa shape index (κ3) is 4.53. The molecule has 8 nitrogen and oxygen atoms in total. The van der Waals surface area contributed by atoms with Gasteiger partial charge in [-0.15, -0.1) is 0 Å². The van der Waals surface area contributed by atoms with Gasteiger partial charge in [0.1, 0.15) is 13.2 Å². The van der Waals surface area contributed by atoms with Crippen molar-refractivity contribution in [3.63, 3.8) is 0 Å². The second kappa shape index (κ2) is 8.72. The highest BCUT2D eigenvalue weighted by Crippen LogP contribution is 2.32. The number of benzene rings is 2. The summed E-state index contributed by atoms with van der Waals surface area (Å²) in [4.78, 5) is 24.2. The zero-order chi connectivity index (χ0) is 20.1. The number of hydrogen-bond donors (Lipinski definition) is 0. The van der Waals surface area contributed by atoms with Crippen LogP contribution in [0.1, 0.15) is 6.42 Å². The smallest absolute Gasteiger partial charge is 0.350 e. The number of hydrogen-bond acceptors (Lipinski definition) is 8. The third-order valence-corrected chi connectivity index (χ3v) is 4.32. The Kier molecular flexibility index (Phi) is 5.69. The van der Waals surface area contributed by atoms with Gasteiger partial charge in [0.25, 0.3) is 0 Å². The van der Waals surface area contributed by atoms with E-state index in [9.17, 15) is 9.59 Å². The van der Waals surface area contributed by atoms with Gasteiger partial charge in [0.15, 0.2) is 23.0 Å². The summed E-state index contributed by atoms with van der Waals surface area (Å²) in [5.74, 6) is 1.16. The molecule has 152 valence electrons. The van der Waals surface area contributed by atoms with Crippen molar-refractivity contribution in [2.75, 3.05) is 26.4 Å². The van der Waals surface area contributed by atoms with Gasteiger partial charge in [-0.2, -0.15) is 0 Å². The first-order chi connectivity index (χ1) is 14.2. The van der Waals surface area contributed by atoms with Gasteiger partial charge in [0.05, 0.1) is 13.2 Å². The number of carbonyl (C=O) groups excluding carboxylic acids is 2. The molecule has 0 N–H and O–H groups in total. The SMILES string of the molecule is O=C(OCCCOC(=O)[C@@H]1COc2ccccc2O1)[C@@H]1COc2ccccc2O1. The molecule has 2 aromatic carbocycles. The number of esters is 2. The first kappa shape index (κ1) is 18.9. The predicted molar refractivity (Wildman–Crippen MR) is 99.2 cm³/mol. The molecule has 0 amide bonds. The molecule has 2 aliphatic rings. The van der Waals surface area contributed by atoms with E-state index in [0.717, 1.165) is 0 Å². The van der Waals surface area contributed by atoms with Crippen molar-refractivity contribution in [3.05, 3.63) is 48.5 Å². The Morgan fingerprint density at radius 1 is 0.724 bits per heavy atom. The van der Waals surface area contributed by atoms with Crippen LogP contribution in [0.5, 0.6) is 23.0 Å². The van der Waals surface area contributed by atoms with Gasteiger partial charge in [0, 0.05) is 6.42 Å². The van der Waals surface area contributed by atoms with Crippen molar-refractivity contribution in [2.45, 2.75) is 18.6 Å². The molecule has 0 aliphatic carbocycles. The molecule has 0 unspecified atom stereocenters. The van der Waals surface area contributed by atoms with Crippen molar-refractivity contribution in [1.82, 2.24) is 0 Å². The van der Waals surface area contributed by atoms with Gasteiger partial charge in [-0.1, -0.05) is 24.3 Å². The fourth-order valence-electron chi connectivity index (χ4n) is 2.86. The zero-order valence-corrected chi connectivity index (χ0v) is 15.6. The monoisotopic (exact) mass is 400 g/mol. The summed E-state index contributed by atoms with van der Waals surface area (Å²) in [6, 6.07) is 14.2. The van der Waals surface area contributed by atoms with Crippen LogP contribution in [0, 0.1) is 0 Å². The second-order valence-corrected chi connectivity index (χ2v) is 6.42. The van der Waals surface area contributed by atoms with E-state index < -0.39 is 24.1 Å². The van der Waals surface area contributed by atoms with Gasteiger partial charge in [-0.05, 0) is 24.3 Å². The van der Waals surface area contributed by atoms with Crippen LogP contribution in [-0.2, 0) is 19.1 Å². The van der Waals surface area contributed by atoms with Gasteiger partial charge in [-0.25, -0.2) is 9.59 Å². The Hall–Kier alpha value is -3.42. The van der Waals surface area contributed by atoms with Crippen LogP contribution in [0.3, 0.4) is 0 Å². The minimum Gasteiger partial charge on any atom is -0.485 e. The molecule has 0 saturated heterocycles. The Morgan fingerprint density at radius 2 is 1.14 bits per heavy atom. The van der Waals surface area contributed by atoms with Crippen LogP contribution in [-0.4, -0.2) is 50.6 Å². The molecule has 2 atom stereocenters. The van der Waals surface area contributed by atoms with E-state index in [4.69, 9.17) is 28.4 Å².